The van der Waals surface area contributed by atoms with E-state index in [1.165, 1.54) is 25.7 Å². The maximum absolute atomic E-state index is 11.2. The molecule has 1 aromatic heterocycles. The maximum Gasteiger partial charge on any atom is 0.164 e. The Hall–Kier alpha value is -4.37. The van der Waals surface area contributed by atoms with E-state index in [0.29, 0.717) is 92.3 Å². The Morgan fingerprint density at radius 3 is 2.59 bits per heavy atom. The fraction of sp³-hybridized carbons (Fsp3) is 0.433. The minimum Gasteiger partial charge on any atom is -0.398 e. The number of unbranched alkanes of at least 4 members (excludes halogenated alkanes) is 1. The first-order valence-electron chi connectivity index (χ1n) is 14.3. The van der Waals surface area contributed by atoms with E-state index < -0.39 is 0 Å². The Labute approximate surface area is 259 Å². The average Bonchev–Trinajstić information content (AvgIpc) is 3.05. The zero-order chi connectivity index (χ0) is 32.3. The van der Waals surface area contributed by atoms with E-state index in [2.05, 4.69) is 50.0 Å². The van der Waals surface area contributed by atoms with E-state index >= 15 is 0 Å². The summed E-state index contributed by atoms with van der Waals surface area (Å²) in [4.78, 5) is 39.9. The summed E-state index contributed by atoms with van der Waals surface area (Å²) >= 11 is 0. The number of hydrogen-bond acceptors (Lipinski definition) is 14. The van der Waals surface area contributed by atoms with Gasteiger partial charge in [0.25, 0.3) is 0 Å². The number of allylic oxidation sites excluding steroid dienone is 1. The van der Waals surface area contributed by atoms with Crippen molar-refractivity contribution in [3.8, 4) is 11.4 Å². The summed E-state index contributed by atoms with van der Waals surface area (Å²) in [5.74, 6) is 1.86. The summed E-state index contributed by atoms with van der Waals surface area (Å²) in [7, 11) is 3.40. The number of rotatable bonds is 16. The number of benzene rings is 1. The Morgan fingerprint density at radius 1 is 1.25 bits per heavy atom. The van der Waals surface area contributed by atoms with Crippen LogP contribution in [0.2, 0.25) is 0 Å². The third kappa shape index (κ3) is 10.7. The first-order valence-corrected chi connectivity index (χ1v) is 14.3. The molecule has 0 atom stereocenters. The normalized spacial score (nSPS) is 13.4. The number of hydrogen-bond donors (Lipinski definition) is 4. The third-order valence-corrected chi connectivity index (χ3v) is 6.66. The van der Waals surface area contributed by atoms with Crippen molar-refractivity contribution in [1.82, 2.24) is 20.3 Å². The van der Waals surface area contributed by atoms with Crippen LogP contribution in [0.4, 0.5) is 23.0 Å². The molecule has 0 amide bonds. The SMILES string of the molecule is C=N/C=C(C=O)\C=N/CN(CCCC)CCN(C)c1nc(-c2ccc(N)c(C=N)c2)nc(N2CCOCC2)c1N=C.CNO. The number of nitrogens with two attached hydrogens (primary N) is 1. The predicted octanol–water partition coefficient (Wildman–Crippen LogP) is 2.84. The lowest BCUT2D eigenvalue weighted by molar-refractivity contribution is -0.104. The molecule has 1 aromatic carbocycles. The molecule has 0 bridgehead atoms. The summed E-state index contributed by atoms with van der Waals surface area (Å²) in [5, 5.41) is 15.0. The molecule has 14 heteroatoms. The van der Waals surface area contributed by atoms with Crippen LogP contribution in [0.3, 0.4) is 0 Å². The number of aldehydes is 1. The van der Waals surface area contributed by atoms with Gasteiger partial charge in [0, 0.05) is 75.7 Å². The highest BCUT2D eigenvalue weighted by molar-refractivity contribution is 6.01. The van der Waals surface area contributed by atoms with Crippen LogP contribution in [0, 0.1) is 5.41 Å². The van der Waals surface area contributed by atoms with E-state index in [-0.39, 0.29) is 0 Å². The maximum atomic E-state index is 11.2. The molecule has 44 heavy (non-hydrogen) atoms. The van der Waals surface area contributed by atoms with Crippen molar-refractivity contribution in [2.24, 2.45) is 15.0 Å². The van der Waals surface area contributed by atoms with Crippen LogP contribution in [0.25, 0.3) is 11.4 Å². The highest BCUT2D eigenvalue weighted by Crippen LogP contribution is 2.37. The minimum atomic E-state index is 0.368. The molecule has 1 fully saturated rings. The quantitative estimate of drug-likeness (QED) is 0.0728. The largest absolute Gasteiger partial charge is 0.398 e. The molecule has 1 saturated heterocycles. The topological polar surface area (TPSA) is 181 Å². The van der Waals surface area contributed by atoms with Crippen molar-refractivity contribution in [3.05, 3.63) is 35.5 Å². The molecule has 0 spiro atoms. The first-order chi connectivity index (χ1) is 21.4. The molecule has 3 rings (SSSR count). The van der Waals surface area contributed by atoms with E-state index in [1.807, 2.05) is 19.2 Å². The molecule has 2 heterocycles. The number of anilines is 3. The number of nitrogens with one attached hydrogen (secondary N) is 2. The lowest BCUT2D eigenvalue weighted by Crippen LogP contribution is -2.37. The summed E-state index contributed by atoms with van der Waals surface area (Å²) in [5.41, 5.74) is 10.6. The van der Waals surface area contributed by atoms with E-state index in [1.54, 1.807) is 11.5 Å². The van der Waals surface area contributed by atoms with Gasteiger partial charge in [-0.25, -0.2) is 15.4 Å². The lowest BCUT2D eigenvalue weighted by Gasteiger charge is -2.31. The smallest absolute Gasteiger partial charge is 0.164 e. The zero-order valence-corrected chi connectivity index (χ0v) is 25.9. The van der Waals surface area contributed by atoms with Crippen molar-refractivity contribution < 1.29 is 14.7 Å². The standard InChI is InChI=1S/C29H40N10O2.CH5NO/c1-5-6-9-38(21-34-19-22(20-40)18-32-2)11-10-37(4)28-26(33-3)29(39-12-14-41-15-13-39)36-27(35-28)23-7-8-25(31)24(16-23)17-30;1-2-3/h7-8,16-20,30H,2-3,5-6,9-15,21,31H2,1,4H3;2-3H,1H3/b22-18+,30-17?,34-19-;. The van der Waals surface area contributed by atoms with Crippen LogP contribution < -0.4 is 21.0 Å². The second-order valence-electron chi connectivity index (χ2n) is 9.79. The van der Waals surface area contributed by atoms with Crippen LogP contribution >= 0.6 is 0 Å². The second kappa shape index (κ2) is 19.7. The molecular formula is C30H45N11O3. The number of nitrogens with zero attached hydrogens (tertiary/aromatic N) is 8. The number of likely N-dealkylation sites (N-methyl/N-ethyl adjacent to an activating group) is 1. The number of aliphatic imine (C=N–C) groups is 3. The highest BCUT2D eigenvalue weighted by Gasteiger charge is 2.24. The average molecular weight is 608 g/mol. The molecule has 0 unspecified atom stereocenters. The van der Waals surface area contributed by atoms with Crippen LogP contribution in [0.1, 0.15) is 25.3 Å². The van der Waals surface area contributed by atoms with Crippen LogP contribution in [0.5, 0.6) is 0 Å². The monoisotopic (exact) mass is 607 g/mol. The van der Waals surface area contributed by atoms with Gasteiger partial charge < -0.3 is 30.9 Å². The van der Waals surface area contributed by atoms with Crippen molar-refractivity contribution in [1.29, 1.82) is 5.41 Å². The Bertz CT molecular complexity index is 1290. The predicted molar refractivity (Wildman–Crippen MR) is 180 cm³/mol. The number of nitrogen functional groups attached to an aromatic ring is 1. The van der Waals surface area contributed by atoms with Gasteiger partial charge in [-0.3, -0.25) is 24.7 Å². The van der Waals surface area contributed by atoms with E-state index in [0.717, 1.165) is 24.9 Å². The molecule has 5 N–H and O–H groups in total. The number of morpholine rings is 1. The van der Waals surface area contributed by atoms with Gasteiger partial charge in [0.05, 0.1) is 25.5 Å². The van der Waals surface area contributed by atoms with Gasteiger partial charge in [0.2, 0.25) is 0 Å². The molecule has 1 aliphatic heterocycles. The molecule has 2 aromatic rings. The van der Waals surface area contributed by atoms with Crippen molar-refractivity contribution in [2.75, 3.05) is 82.2 Å². The fourth-order valence-corrected chi connectivity index (χ4v) is 4.30. The van der Waals surface area contributed by atoms with Crippen LogP contribution in [0.15, 0.2) is 44.9 Å². The van der Waals surface area contributed by atoms with Gasteiger partial charge in [-0.15, -0.1) is 0 Å². The van der Waals surface area contributed by atoms with Crippen LogP contribution in [-0.4, -0.2) is 119 Å². The summed E-state index contributed by atoms with van der Waals surface area (Å²) in [6.07, 6.45) is 6.91. The molecular weight excluding hydrogens is 562 g/mol. The molecule has 0 radical (unpaired) electrons. The number of hydroxylamine groups is 1. The van der Waals surface area contributed by atoms with E-state index in [9.17, 15) is 4.79 Å². The fourth-order valence-electron chi connectivity index (χ4n) is 4.30. The number of carbonyl (C=O) groups excluding carboxylic acids is 1. The molecule has 238 valence electrons. The molecule has 0 aliphatic carbocycles. The van der Waals surface area contributed by atoms with Crippen molar-refractivity contribution in [2.45, 2.75) is 19.8 Å². The third-order valence-electron chi connectivity index (χ3n) is 6.66. The lowest BCUT2D eigenvalue weighted by atomic mass is 10.1. The van der Waals surface area contributed by atoms with Gasteiger partial charge in [-0.1, -0.05) is 13.3 Å². The summed E-state index contributed by atoms with van der Waals surface area (Å²) in [6.45, 7) is 14.6. The molecule has 1 aliphatic rings. The van der Waals surface area contributed by atoms with Crippen molar-refractivity contribution >= 4 is 55.2 Å². The summed E-state index contributed by atoms with van der Waals surface area (Å²) < 4.78 is 5.57. The Balaban J connectivity index is 0.00000216. The molecule has 0 saturated carbocycles. The molecule has 14 nitrogen and oxygen atoms in total. The van der Waals surface area contributed by atoms with E-state index in [4.69, 9.17) is 31.1 Å². The van der Waals surface area contributed by atoms with Gasteiger partial charge in [-0.05, 0) is 44.6 Å². The Kier molecular flexibility index (Phi) is 16.1. The minimum absolute atomic E-state index is 0.368. The zero-order valence-electron chi connectivity index (χ0n) is 25.9. The summed E-state index contributed by atoms with van der Waals surface area (Å²) in [6, 6.07) is 5.44. The van der Waals surface area contributed by atoms with Crippen LogP contribution in [-0.2, 0) is 9.53 Å². The Morgan fingerprint density at radius 2 is 1.98 bits per heavy atom. The van der Waals surface area contributed by atoms with Gasteiger partial charge in [0.1, 0.15) is 5.69 Å². The number of ether oxygens (including phenoxy) is 1. The highest BCUT2D eigenvalue weighted by atomic mass is 16.5. The first kappa shape index (κ1) is 35.8. The van der Waals surface area contributed by atoms with Gasteiger partial charge >= 0.3 is 0 Å². The van der Waals surface area contributed by atoms with Gasteiger partial charge in [0.15, 0.2) is 23.7 Å². The number of aromatic nitrogens is 2. The second-order valence-corrected chi connectivity index (χ2v) is 9.79. The van der Waals surface area contributed by atoms with Gasteiger partial charge in [-0.2, -0.15) is 0 Å². The van der Waals surface area contributed by atoms with Crippen molar-refractivity contribution in [3.63, 3.8) is 0 Å². The number of carbonyl (C=O) groups is 1.